The van der Waals surface area contributed by atoms with Crippen LogP contribution in [0.3, 0.4) is 0 Å². The average Bonchev–Trinajstić information content (AvgIpc) is 2.73. The first-order valence-corrected chi connectivity index (χ1v) is 7.99. The Bertz CT molecular complexity index is 378. The molecule has 110 valence electrons. The van der Waals surface area contributed by atoms with Gasteiger partial charge in [0.15, 0.2) is 0 Å². The Morgan fingerprint density at radius 1 is 0.947 bits per heavy atom. The van der Waals surface area contributed by atoms with E-state index in [1.54, 1.807) is 4.57 Å². The molecule has 3 heteroatoms. The van der Waals surface area contributed by atoms with E-state index >= 15 is 0 Å². The molecule has 3 nitrogen and oxygen atoms in total. The van der Waals surface area contributed by atoms with Gasteiger partial charge in [0.2, 0.25) is 0 Å². The number of aryl methyl sites for hydroxylation is 1. The van der Waals surface area contributed by atoms with Gasteiger partial charge < -0.3 is 4.98 Å². The molecule has 0 radical (unpaired) electrons. The van der Waals surface area contributed by atoms with E-state index in [2.05, 4.69) is 11.9 Å². The van der Waals surface area contributed by atoms with Crippen molar-refractivity contribution in [3.8, 4) is 0 Å². The van der Waals surface area contributed by atoms with Gasteiger partial charge in [0.1, 0.15) is 0 Å². The Morgan fingerprint density at radius 3 is 1.95 bits per heavy atom. The molecule has 0 fully saturated rings. The molecule has 1 aromatic heterocycles. The molecule has 0 aliphatic heterocycles. The summed E-state index contributed by atoms with van der Waals surface area (Å²) in [5.41, 5.74) is 1.13. The summed E-state index contributed by atoms with van der Waals surface area (Å²) in [7, 11) is 1.84. The van der Waals surface area contributed by atoms with Crippen molar-refractivity contribution >= 4 is 0 Å². The van der Waals surface area contributed by atoms with Crippen LogP contribution in [0.4, 0.5) is 0 Å². The van der Waals surface area contributed by atoms with Crippen molar-refractivity contribution in [1.82, 2.24) is 9.55 Å². The molecule has 0 saturated carbocycles. The van der Waals surface area contributed by atoms with Crippen LogP contribution >= 0.6 is 0 Å². The number of nitrogens with one attached hydrogen (secondary N) is 1. The average molecular weight is 266 g/mol. The van der Waals surface area contributed by atoms with Gasteiger partial charge in [-0.25, -0.2) is 4.79 Å². The van der Waals surface area contributed by atoms with Crippen LogP contribution in [0.5, 0.6) is 0 Å². The standard InChI is InChI=1S/C16H30N2O/c1-3-4-5-6-7-8-9-10-11-12-13-15-14-17-16(19)18(15)2/h14H,3-13H2,1-2H3,(H,17,19). The molecule has 0 spiro atoms. The smallest absolute Gasteiger partial charge is 0.312 e. The summed E-state index contributed by atoms with van der Waals surface area (Å²) in [5.74, 6) is 0. The van der Waals surface area contributed by atoms with Gasteiger partial charge in [-0.2, -0.15) is 0 Å². The number of imidazole rings is 1. The highest BCUT2D eigenvalue weighted by Gasteiger charge is 2.01. The van der Waals surface area contributed by atoms with E-state index in [1.807, 2.05) is 13.2 Å². The van der Waals surface area contributed by atoms with Crippen LogP contribution in [0.1, 0.15) is 76.8 Å². The molecule has 1 heterocycles. The fourth-order valence-corrected chi connectivity index (χ4v) is 2.50. The molecule has 1 aromatic rings. The minimum atomic E-state index is 0.00193. The van der Waals surface area contributed by atoms with E-state index in [0.29, 0.717) is 0 Å². The van der Waals surface area contributed by atoms with E-state index < -0.39 is 0 Å². The number of H-pyrrole nitrogens is 1. The van der Waals surface area contributed by atoms with Crippen molar-refractivity contribution in [2.45, 2.75) is 77.6 Å². The lowest BCUT2D eigenvalue weighted by Crippen LogP contribution is -2.14. The van der Waals surface area contributed by atoms with E-state index in [-0.39, 0.29) is 5.69 Å². The molecule has 19 heavy (non-hydrogen) atoms. The molecule has 0 saturated heterocycles. The van der Waals surface area contributed by atoms with Gasteiger partial charge in [0.05, 0.1) is 0 Å². The number of aromatic nitrogens is 2. The zero-order valence-electron chi connectivity index (χ0n) is 12.7. The number of nitrogens with zero attached hydrogens (tertiary/aromatic N) is 1. The summed E-state index contributed by atoms with van der Waals surface area (Å²) in [4.78, 5) is 14.0. The molecule has 1 rings (SSSR count). The van der Waals surface area contributed by atoms with Gasteiger partial charge in [-0.15, -0.1) is 0 Å². The molecular formula is C16H30N2O. The fraction of sp³-hybridized carbons (Fsp3) is 0.812. The van der Waals surface area contributed by atoms with Crippen LogP contribution in [0.25, 0.3) is 0 Å². The molecule has 0 aromatic carbocycles. The molecular weight excluding hydrogens is 236 g/mol. The minimum Gasteiger partial charge on any atom is -0.312 e. The fourth-order valence-electron chi connectivity index (χ4n) is 2.50. The second-order valence-electron chi connectivity index (χ2n) is 5.58. The summed E-state index contributed by atoms with van der Waals surface area (Å²) in [6, 6.07) is 0. The van der Waals surface area contributed by atoms with Gasteiger partial charge in [-0.1, -0.05) is 64.7 Å². The molecule has 0 aliphatic rings. The lowest BCUT2D eigenvalue weighted by Gasteiger charge is -2.03. The van der Waals surface area contributed by atoms with Gasteiger partial charge in [-0.05, 0) is 12.8 Å². The van der Waals surface area contributed by atoms with Crippen molar-refractivity contribution in [3.63, 3.8) is 0 Å². The van der Waals surface area contributed by atoms with E-state index in [0.717, 1.165) is 12.1 Å². The van der Waals surface area contributed by atoms with Crippen LogP contribution in [0.2, 0.25) is 0 Å². The van der Waals surface area contributed by atoms with Gasteiger partial charge in [0, 0.05) is 18.9 Å². The van der Waals surface area contributed by atoms with Gasteiger partial charge in [-0.3, -0.25) is 4.57 Å². The largest absolute Gasteiger partial charge is 0.325 e. The summed E-state index contributed by atoms with van der Waals surface area (Å²) in [6.07, 6.45) is 16.4. The maximum Gasteiger partial charge on any atom is 0.325 e. The van der Waals surface area contributed by atoms with Crippen molar-refractivity contribution in [2.24, 2.45) is 7.05 Å². The Balaban J connectivity index is 1.91. The summed E-state index contributed by atoms with van der Waals surface area (Å²) >= 11 is 0. The minimum absolute atomic E-state index is 0.00193. The monoisotopic (exact) mass is 266 g/mol. The van der Waals surface area contributed by atoms with Crippen LogP contribution in [0, 0.1) is 0 Å². The Labute approximate surface area is 117 Å². The first kappa shape index (κ1) is 16.1. The highest BCUT2D eigenvalue weighted by atomic mass is 16.1. The predicted molar refractivity (Wildman–Crippen MR) is 81.6 cm³/mol. The number of hydrogen-bond acceptors (Lipinski definition) is 1. The Hall–Kier alpha value is -0.990. The second kappa shape index (κ2) is 9.88. The lowest BCUT2D eigenvalue weighted by atomic mass is 10.1. The maximum absolute atomic E-state index is 11.2. The lowest BCUT2D eigenvalue weighted by molar-refractivity contribution is 0.553. The third-order valence-electron chi connectivity index (χ3n) is 3.88. The molecule has 0 amide bonds. The van der Waals surface area contributed by atoms with E-state index in [1.165, 1.54) is 64.2 Å². The molecule has 0 atom stereocenters. The highest BCUT2D eigenvalue weighted by Crippen LogP contribution is 2.11. The number of aromatic amines is 1. The zero-order chi connectivity index (χ0) is 13.9. The first-order valence-electron chi connectivity index (χ1n) is 7.99. The molecule has 0 aliphatic carbocycles. The van der Waals surface area contributed by atoms with Crippen molar-refractivity contribution in [2.75, 3.05) is 0 Å². The van der Waals surface area contributed by atoms with Crippen molar-refractivity contribution < 1.29 is 0 Å². The molecule has 1 N–H and O–H groups in total. The van der Waals surface area contributed by atoms with Gasteiger partial charge >= 0.3 is 5.69 Å². The van der Waals surface area contributed by atoms with E-state index in [4.69, 9.17) is 0 Å². The van der Waals surface area contributed by atoms with Crippen LogP contribution < -0.4 is 5.69 Å². The number of hydrogen-bond donors (Lipinski definition) is 1. The quantitative estimate of drug-likeness (QED) is 0.600. The topological polar surface area (TPSA) is 37.8 Å². The van der Waals surface area contributed by atoms with Crippen LogP contribution in [-0.2, 0) is 13.5 Å². The highest BCUT2D eigenvalue weighted by molar-refractivity contribution is 4.97. The van der Waals surface area contributed by atoms with Gasteiger partial charge in [0.25, 0.3) is 0 Å². The van der Waals surface area contributed by atoms with Crippen LogP contribution in [0.15, 0.2) is 11.0 Å². The van der Waals surface area contributed by atoms with Crippen molar-refractivity contribution in [1.29, 1.82) is 0 Å². The summed E-state index contributed by atoms with van der Waals surface area (Å²) < 4.78 is 1.72. The number of rotatable bonds is 11. The Kier molecular flexibility index (Phi) is 8.35. The second-order valence-corrected chi connectivity index (χ2v) is 5.58. The van der Waals surface area contributed by atoms with Crippen molar-refractivity contribution in [3.05, 3.63) is 22.4 Å². The predicted octanol–water partition coefficient (Wildman–Crippen LogP) is 4.18. The number of unbranched alkanes of at least 4 members (excludes halogenated alkanes) is 9. The third kappa shape index (κ3) is 6.65. The zero-order valence-corrected chi connectivity index (χ0v) is 12.7. The molecule has 0 unspecified atom stereocenters. The summed E-state index contributed by atoms with van der Waals surface area (Å²) in [6.45, 7) is 2.26. The maximum atomic E-state index is 11.2. The van der Waals surface area contributed by atoms with Crippen LogP contribution in [-0.4, -0.2) is 9.55 Å². The third-order valence-corrected chi connectivity index (χ3v) is 3.88. The SMILES string of the molecule is CCCCCCCCCCCCc1c[nH]c(=O)n1C. The van der Waals surface area contributed by atoms with E-state index in [9.17, 15) is 4.79 Å². The summed E-state index contributed by atoms with van der Waals surface area (Å²) in [5, 5.41) is 0. The Morgan fingerprint density at radius 2 is 1.47 bits per heavy atom. The molecule has 0 bridgehead atoms. The first-order chi connectivity index (χ1) is 9.25. The normalized spacial score (nSPS) is 11.1.